The van der Waals surface area contributed by atoms with Crippen molar-refractivity contribution < 1.29 is 19.5 Å². The van der Waals surface area contributed by atoms with Gasteiger partial charge >= 0.3 is 12.0 Å². The van der Waals surface area contributed by atoms with Crippen LogP contribution in [0.1, 0.15) is 39.0 Å². The Labute approximate surface area is 119 Å². The minimum absolute atomic E-state index is 0.120. The first kappa shape index (κ1) is 18.2. The van der Waals surface area contributed by atoms with E-state index in [9.17, 15) is 14.4 Å². The number of rotatable bonds is 10. The fourth-order valence-electron chi connectivity index (χ4n) is 1.75. The van der Waals surface area contributed by atoms with Crippen molar-refractivity contribution in [3.05, 3.63) is 0 Å². The third kappa shape index (κ3) is 10.2. The van der Waals surface area contributed by atoms with Crippen molar-refractivity contribution in [1.82, 2.24) is 16.0 Å². The van der Waals surface area contributed by atoms with Crippen LogP contribution in [0.3, 0.4) is 0 Å². The summed E-state index contributed by atoms with van der Waals surface area (Å²) in [4.78, 5) is 32.8. The van der Waals surface area contributed by atoms with E-state index < -0.39 is 5.97 Å². The van der Waals surface area contributed by atoms with Gasteiger partial charge in [0.2, 0.25) is 5.91 Å². The molecule has 0 aliphatic heterocycles. The molecule has 3 amide bonds. The summed E-state index contributed by atoms with van der Waals surface area (Å²) >= 11 is 0. The van der Waals surface area contributed by atoms with E-state index in [1.54, 1.807) is 7.05 Å². The number of carboxylic acid groups (broad SMARTS) is 1. The van der Waals surface area contributed by atoms with Crippen LogP contribution in [-0.4, -0.2) is 43.2 Å². The summed E-state index contributed by atoms with van der Waals surface area (Å²) in [5.41, 5.74) is 0. The molecule has 0 heterocycles. The maximum atomic E-state index is 11.4. The van der Waals surface area contributed by atoms with Crippen LogP contribution in [0.25, 0.3) is 0 Å². The van der Waals surface area contributed by atoms with Gasteiger partial charge in [-0.15, -0.1) is 0 Å². The summed E-state index contributed by atoms with van der Waals surface area (Å²) < 4.78 is 0. The van der Waals surface area contributed by atoms with E-state index in [-0.39, 0.29) is 24.8 Å². The molecule has 0 aliphatic carbocycles. The Kier molecular flexibility index (Phi) is 10.1. The molecule has 4 N–H and O–H groups in total. The van der Waals surface area contributed by atoms with Crippen LogP contribution < -0.4 is 16.0 Å². The molecule has 7 heteroatoms. The van der Waals surface area contributed by atoms with Gasteiger partial charge in [-0.3, -0.25) is 9.59 Å². The fourth-order valence-corrected chi connectivity index (χ4v) is 1.75. The molecule has 0 fully saturated rings. The first-order chi connectivity index (χ1) is 9.49. The minimum atomic E-state index is -0.789. The van der Waals surface area contributed by atoms with Crippen molar-refractivity contribution in [3.8, 4) is 0 Å². The SMILES string of the molecule is CCC(CCNC(=O)NCCC(=O)NC)CCC(=O)O. The number of hydrogen-bond acceptors (Lipinski definition) is 3. The summed E-state index contributed by atoms with van der Waals surface area (Å²) in [7, 11) is 1.55. The van der Waals surface area contributed by atoms with E-state index in [2.05, 4.69) is 16.0 Å². The van der Waals surface area contributed by atoms with Gasteiger partial charge in [-0.2, -0.15) is 0 Å². The molecule has 0 rings (SSSR count). The van der Waals surface area contributed by atoms with E-state index in [1.807, 2.05) is 6.92 Å². The highest BCUT2D eigenvalue weighted by molar-refractivity contribution is 5.77. The van der Waals surface area contributed by atoms with Gasteiger partial charge in [0.05, 0.1) is 0 Å². The second-order valence-corrected chi connectivity index (χ2v) is 4.60. The van der Waals surface area contributed by atoms with E-state index in [1.165, 1.54) is 0 Å². The molecular formula is C13H25N3O4. The molecule has 0 spiro atoms. The Balaban J connectivity index is 3.67. The number of nitrogens with one attached hydrogen (secondary N) is 3. The number of amides is 3. The Morgan fingerprint density at radius 3 is 2.25 bits per heavy atom. The van der Waals surface area contributed by atoms with Gasteiger partial charge in [-0.1, -0.05) is 13.3 Å². The smallest absolute Gasteiger partial charge is 0.314 e. The maximum absolute atomic E-state index is 11.4. The number of aliphatic carboxylic acids is 1. The van der Waals surface area contributed by atoms with Crippen molar-refractivity contribution in [1.29, 1.82) is 0 Å². The zero-order chi connectivity index (χ0) is 15.4. The van der Waals surface area contributed by atoms with Crippen molar-refractivity contribution in [2.45, 2.75) is 39.0 Å². The average Bonchev–Trinajstić information content (AvgIpc) is 2.42. The molecule has 20 heavy (non-hydrogen) atoms. The molecule has 0 aromatic rings. The molecule has 1 atom stereocenters. The summed E-state index contributed by atoms with van der Waals surface area (Å²) in [6.07, 6.45) is 2.70. The molecule has 0 aliphatic rings. The highest BCUT2D eigenvalue weighted by Crippen LogP contribution is 2.14. The van der Waals surface area contributed by atoms with E-state index in [4.69, 9.17) is 5.11 Å². The normalized spacial score (nSPS) is 11.5. The van der Waals surface area contributed by atoms with Crippen LogP contribution in [0.2, 0.25) is 0 Å². The van der Waals surface area contributed by atoms with Crippen LogP contribution in [0.5, 0.6) is 0 Å². The zero-order valence-corrected chi connectivity index (χ0v) is 12.2. The minimum Gasteiger partial charge on any atom is -0.481 e. The lowest BCUT2D eigenvalue weighted by atomic mass is 9.97. The predicted molar refractivity (Wildman–Crippen MR) is 75.4 cm³/mol. The lowest BCUT2D eigenvalue weighted by Crippen LogP contribution is -2.38. The first-order valence-electron chi connectivity index (χ1n) is 6.93. The molecule has 0 saturated heterocycles. The predicted octanol–water partition coefficient (Wildman–Crippen LogP) is 0.703. The molecule has 0 bridgehead atoms. The molecule has 7 nitrogen and oxygen atoms in total. The quantitative estimate of drug-likeness (QED) is 0.474. The molecule has 116 valence electrons. The van der Waals surface area contributed by atoms with Crippen LogP contribution in [0, 0.1) is 5.92 Å². The van der Waals surface area contributed by atoms with Gasteiger partial charge < -0.3 is 21.1 Å². The molecule has 0 radical (unpaired) electrons. The largest absolute Gasteiger partial charge is 0.481 e. The van der Waals surface area contributed by atoms with E-state index >= 15 is 0 Å². The fraction of sp³-hybridized carbons (Fsp3) is 0.769. The van der Waals surface area contributed by atoms with Crippen LogP contribution in [-0.2, 0) is 9.59 Å². The Bertz CT molecular complexity index is 321. The summed E-state index contributed by atoms with van der Waals surface area (Å²) in [6, 6.07) is -0.304. The molecule has 1 unspecified atom stereocenters. The lowest BCUT2D eigenvalue weighted by molar-refractivity contribution is -0.137. The van der Waals surface area contributed by atoms with Gasteiger partial charge in [0.1, 0.15) is 0 Å². The highest BCUT2D eigenvalue weighted by atomic mass is 16.4. The second kappa shape index (κ2) is 11.1. The molecule has 0 aromatic heterocycles. The van der Waals surface area contributed by atoms with Crippen LogP contribution >= 0.6 is 0 Å². The highest BCUT2D eigenvalue weighted by Gasteiger charge is 2.09. The maximum Gasteiger partial charge on any atom is 0.314 e. The number of carboxylic acids is 1. The van der Waals surface area contributed by atoms with Crippen LogP contribution in [0.15, 0.2) is 0 Å². The lowest BCUT2D eigenvalue weighted by Gasteiger charge is -2.14. The first-order valence-corrected chi connectivity index (χ1v) is 6.93. The van der Waals surface area contributed by atoms with Crippen molar-refractivity contribution in [2.75, 3.05) is 20.1 Å². The third-order valence-corrected chi connectivity index (χ3v) is 3.10. The average molecular weight is 287 g/mol. The molecule has 0 aromatic carbocycles. The van der Waals surface area contributed by atoms with Crippen LogP contribution in [0.4, 0.5) is 4.79 Å². The van der Waals surface area contributed by atoms with E-state index in [0.717, 1.165) is 12.8 Å². The van der Waals surface area contributed by atoms with Gasteiger partial charge in [0.15, 0.2) is 0 Å². The summed E-state index contributed by atoms with van der Waals surface area (Å²) in [5.74, 6) is -0.606. The second-order valence-electron chi connectivity index (χ2n) is 4.60. The Morgan fingerprint density at radius 1 is 1.05 bits per heavy atom. The number of carbonyl (C=O) groups is 3. The Hall–Kier alpha value is -1.79. The third-order valence-electron chi connectivity index (χ3n) is 3.10. The van der Waals surface area contributed by atoms with Crippen molar-refractivity contribution in [2.24, 2.45) is 5.92 Å². The van der Waals surface area contributed by atoms with Gasteiger partial charge in [-0.05, 0) is 18.8 Å². The Morgan fingerprint density at radius 2 is 1.70 bits per heavy atom. The number of urea groups is 1. The summed E-state index contributed by atoms with van der Waals surface area (Å²) in [5, 5.41) is 16.4. The van der Waals surface area contributed by atoms with Crippen molar-refractivity contribution in [3.63, 3.8) is 0 Å². The van der Waals surface area contributed by atoms with Gasteiger partial charge in [0, 0.05) is 33.0 Å². The van der Waals surface area contributed by atoms with Gasteiger partial charge in [-0.25, -0.2) is 4.79 Å². The van der Waals surface area contributed by atoms with Crippen molar-refractivity contribution >= 4 is 17.9 Å². The van der Waals surface area contributed by atoms with E-state index in [0.29, 0.717) is 25.4 Å². The number of hydrogen-bond donors (Lipinski definition) is 4. The topological polar surface area (TPSA) is 108 Å². The molecule has 0 saturated carbocycles. The zero-order valence-electron chi connectivity index (χ0n) is 12.2. The summed E-state index contributed by atoms with van der Waals surface area (Å²) in [6.45, 7) is 2.81. The molecular weight excluding hydrogens is 262 g/mol. The van der Waals surface area contributed by atoms with Gasteiger partial charge in [0.25, 0.3) is 0 Å². The standard InChI is InChI=1S/C13H25N3O4/c1-3-10(4-5-12(18)19)6-8-15-13(20)16-9-7-11(17)14-2/h10H,3-9H2,1-2H3,(H,14,17)(H,18,19)(H2,15,16,20). The number of carbonyl (C=O) groups excluding carboxylic acids is 2. The monoisotopic (exact) mass is 287 g/mol.